The molecule has 0 aliphatic carbocycles. The molecule has 7 heteroatoms. The SMILES string of the molecule is C=CC(=O)NC(C)(C)CO[S-](=O)=O.[K+]. The Morgan fingerprint density at radius 2 is 2.07 bits per heavy atom. The molecule has 0 fully saturated rings. The minimum atomic E-state index is -2.56. The van der Waals surface area contributed by atoms with Gasteiger partial charge in [-0.25, -0.2) is 0 Å². The Morgan fingerprint density at radius 1 is 1.57 bits per heavy atom. The molecule has 0 aromatic carbocycles. The van der Waals surface area contributed by atoms with Crippen molar-refractivity contribution in [3.8, 4) is 0 Å². The van der Waals surface area contributed by atoms with E-state index in [2.05, 4.69) is 16.1 Å². The number of hydrogen-bond donors (Lipinski definition) is 1. The molecule has 0 radical (unpaired) electrons. The zero-order valence-electron chi connectivity index (χ0n) is 8.53. The first kappa shape index (κ1) is 17.2. The Kier molecular flexibility index (Phi) is 9.77. The number of carbonyl (C=O) groups excluding carboxylic acids is 1. The van der Waals surface area contributed by atoms with Crippen LogP contribution in [0.2, 0.25) is 0 Å². The van der Waals surface area contributed by atoms with Gasteiger partial charge >= 0.3 is 51.4 Å². The van der Waals surface area contributed by atoms with Crippen molar-refractivity contribution in [1.29, 1.82) is 0 Å². The fourth-order valence-electron chi connectivity index (χ4n) is 0.616. The van der Waals surface area contributed by atoms with Gasteiger partial charge in [-0.3, -0.25) is 4.79 Å². The zero-order chi connectivity index (χ0) is 10.5. The van der Waals surface area contributed by atoms with E-state index < -0.39 is 16.5 Å². The van der Waals surface area contributed by atoms with Gasteiger partial charge in [0.15, 0.2) is 0 Å². The van der Waals surface area contributed by atoms with Gasteiger partial charge in [0.2, 0.25) is 5.91 Å². The average Bonchev–Trinajstić information content (AvgIpc) is 2.00. The summed E-state index contributed by atoms with van der Waals surface area (Å²) in [7, 11) is -2.56. The summed E-state index contributed by atoms with van der Waals surface area (Å²) in [6, 6.07) is 0. The number of carbonyl (C=O) groups is 1. The maximum Gasteiger partial charge on any atom is 1.00 e. The van der Waals surface area contributed by atoms with Gasteiger partial charge in [-0.1, -0.05) is 6.58 Å². The summed E-state index contributed by atoms with van der Waals surface area (Å²) in [4.78, 5) is 10.8. The van der Waals surface area contributed by atoms with Crippen LogP contribution in [0.5, 0.6) is 0 Å². The second-order valence-corrected chi connectivity index (χ2v) is 3.69. The molecule has 0 spiro atoms. The maximum atomic E-state index is 10.8. The predicted octanol–water partition coefficient (Wildman–Crippen LogP) is -2.69. The number of amides is 1. The second-order valence-electron chi connectivity index (χ2n) is 3.04. The van der Waals surface area contributed by atoms with E-state index in [-0.39, 0.29) is 63.9 Å². The van der Waals surface area contributed by atoms with E-state index in [1.165, 1.54) is 0 Å². The molecule has 0 aliphatic heterocycles. The van der Waals surface area contributed by atoms with Crippen LogP contribution in [0, 0.1) is 0 Å². The molecule has 0 bridgehead atoms. The van der Waals surface area contributed by atoms with Crippen LogP contribution in [0.15, 0.2) is 12.7 Å². The standard InChI is InChI=1S/C7H12NO4S.K/c1-4-6(9)8-7(2,3)5-12-13(10)11;/h4H,1,5H2,2-3H3,(H,8,9);/q-1;+1. The number of rotatable bonds is 5. The van der Waals surface area contributed by atoms with Crippen molar-refractivity contribution in [3.05, 3.63) is 12.7 Å². The monoisotopic (exact) mass is 245 g/mol. The Hall–Kier alpha value is 0.756. The molecule has 5 nitrogen and oxygen atoms in total. The first-order chi connectivity index (χ1) is 5.87. The van der Waals surface area contributed by atoms with E-state index >= 15 is 0 Å². The van der Waals surface area contributed by atoms with Crippen molar-refractivity contribution in [3.63, 3.8) is 0 Å². The average molecular weight is 245 g/mol. The fraction of sp³-hybridized carbons (Fsp3) is 0.571. The van der Waals surface area contributed by atoms with Crippen molar-refractivity contribution in [2.75, 3.05) is 6.61 Å². The van der Waals surface area contributed by atoms with Crippen LogP contribution in [0.25, 0.3) is 0 Å². The van der Waals surface area contributed by atoms with E-state index in [4.69, 9.17) is 0 Å². The molecule has 0 aromatic rings. The van der Waals surface area contributed by atoms with Crippen LogP contribution in [-0.4, -0.2) is 18.1 Å². The number of hydrogen-bond acceptors (Lipinski definition) is 5. The van der Waals surface area contributed by atoms with Gasteiger partial charge in [-0.2, -0.15) is 0 Å². The predicted molar refractivity (Wildman–Crippen MR) is 47.1 cm³/mol. The van der Waals surface area contributed by atoms with Gasteiger partial charge < -0.3 is 17.9 Å². The largest absolute Gasteiger partial charge is 1.00 e. The third kappa shape index (κ3) is 9.32. The van der Waals surface area contributed by atoms with E-state index in [1.54, 1.807) is 13.8 Å². The van der Waals surface area contributed by atoms with Gasteiger partial charge in [0, 0.05) is 0 Å². The summed E-state index contributed by atoms with van der Waals surface area (Å²) < 4.78 is 24.4. The Bertz CT molecular complexity index is 267. The molecule has 0 aromatic heterocycles. The van der Waals surface area contributed by atoms with Crippen molar-refractivity contribution in [1.82, 2.24) is 5.32 Å². The third-order valence-electron chi connectivity index (χ3n) is 1.16. The molecular weight excluding hydrogens is 233 g/mol. The number of nitrogens with one attached hydrogen (secondary N) is 1. The van der Waals surface area contributed by atoms with Gasteiger partial charge in [0.25, 0.3) is 0 Å². The smallest absolute Gasteiger partial charge is 0.422 e. The first-order valence-electron chi connectivity index (χ1n) is 3.54. The fourth-order valence-corrected chi connectivity index (χ4v) is 1.01. The molecule has 1 amide bonds. The Labute approximate surface area is 128 Å². The molecular formula is C7H12KNO4S. The molecule has 0 atom stereocenters. The topological polar surface area (TPSA) is 72.5 Å². The quantitative estimate of drug-likeness (QED) is 0.325. The summed E-state index contributed by atoms with van der Waals surface area (Å²) >= 11 is 0. The van der Waals surface area contributed by atoms with Crippen LogP contribution in [-0.2, 0) is 28.4 Å². The van der Waals surface area contributed by atoms with Gasteiger partial charge in [-0.05, 0) is 19.9 Å². The molecule has 0 saturated heterocycles. The molecule has 14 heavy (non-hydrogen) atoms. The van der Waals surface area contributed by atoms with Gasteiger partial charge in [0.05, 0.1) is 23.1 Å². The molecule has 0 rings (SSSR count). The Balaban J connectivity index is 0. The first-order valence-corrected chi connectivity index (χ1v) is 4.54. The van der Waals surface area contributed by atoms with E-state index in [9.17, 15) is 13.2 Å². The summed E-state index contributed by atoms with van der Waals surface area (Å²) in [5.41, 5.74) is -0.731. The zero-order valence-corrected chi connectivity index (χ0v) is 12.5. The van der Waals surface area contributed by atoms with Crippen LogP contribution in [0.1, 0.15) is 13.8 Å². The normalized spacial score (nSPS) is 10.5. The van der Waals surface area contributed by atoms with Crippen LogP contribution in [0.4, 0.5) is 0 Å². The molecule has 1 N–H and O–H groups in total. The van der Waals surface area contributed by atoms with Crippen LogP contribution in [0.3, 0.4) is 0 Å². The molecule has 0 aliphatic rings. The molecule has 0 unspecified atom stereocenters. The second kappa shape index (κ2) is 7.97. The molecule has 0 saturated carbocycles. The minimum absolute atomic E-state index is 0. The van der Waals surface area contributed by atoms with Gasteiger partial charge in [0.1, 0.15) is 0 Å². The van der Waals surface area contributed by atoms with Crippen molar-refractivity contribution in [2.45, 2.75) is 19.4 Å². The summed E-state index contributed by atoms with van der Waals surface area (Å²) in [6.45, 7) is 6.44. The minimum Gasteiger partial charge on any atom is -0.422 e. The van der Waals surface area contributed by atoms with Crippen LogP contribution < -0.4 is 56.7 Å². The van der Waals surface area contributed by atoms with Crippen molar-refractivity contribution >= 4 is 16.9 Å². The summed E-state index contributed by atoms with van der Waals surface area (Å²) in [6.07, 6.45) is 1.11. The third-order valence-corrected chi connectivity index (χ3v) is 1.47. The molecule has 0 heterocycles. The maximum absolute atomic E-state index is 10.8. The van der Waals surface area contributed by atoms with E-state index in [1.807, 2.05) is 0 Å². The van der Waals surface area contributed by atoms with Crippen LogP contribution >= 0.6 is 0 Å². The van der Waals surface area contributed by atoms with E-state index in [0.717, 1.165) is 6.08 Å². The van der Waals surface area contributed by atoms with Crippen molar-refractivity contribution in [2.24, 2.45) is 0 Å². The van der Waals surface area contributed by atoms with E-state index in [0.29, 0.717) is 0 Å². The Morgan fingerprint density at radius 3 is 2.43 bits per heavy atom. The van der Waals surface area contributed by atoms with Gasteiger partial charge in [-0.15, -0.1) is 0 Å². The molecule has 76 valence electrons. The summed E-state index contributed by atoms with van der Waals surface area (Å²) in [5.74, 6) is -0.370. The van der Waals surface area contributed by atoms with Crippen molar-refractivity contribution < 1.29 is 68.8 Å². The summed E-state index contributed by atoms with van der Waals surface area (Å²) in [5, 5.41) is 2.51.